The molecule has 1 fully saturated rings. The molecule has 0 unspecified atom stereocenters. The standard InChI is InChI=1S/C11H16N2O4S/c1-7(2)10-5-9(11(14)15)12-13(10)8-3-4-18(16,17)6-8/h5,7-8H,3-4,6H2,1-2H3,(H,14,15)/t8-/m0/s1. The Labute approximate surface area is 106 Å². The van der Waals surface area contributed by atoms with Crippen molar-refractivity contribution in [1.82, 2.24) is 9.78 Å². The molecule has 1 atom stereocenters. The van der Waals surface area contributed by atoms with Gasteiger partial charge in [0, 0.05) is 5.69 Å². The zero-order valence-electron chi connectivity index (χ0n) is 10.3. The van der Waals surface area contributed by atoms with Gasteiger partial charge in [0.25, 0.3) is 0 Å². The molecular weight excluding hydrogens is 256 g/mol. The molecule has 1 aromatic heterocycles. The molecule has 0 amide bonds. The summed E-state index contributed by atoms with van der Waals surface area (Å²) in [5, 5.41) is 13.0. The lowest BCUT2D eigenvalue weighted by Crippen LogP contribution is -2.16. The second-order valence-corrected chi connectivity index (χ2v) is 7.14. The molecule has 1 saturated heterocycles. The second-order valence-electron chi connectivity index (χ2n) is 4.92. The van der Waals surface area contributed by atoms with Crippen molar-refractivity contribution in [2.45, 2.75) is 32.2 Å². The summed E-state index contributed by atoms with van der Waals surface area (Å²) < 4.78 is 24.5. The smallest absolute Gasteiger partial charge is 0.356 e. The number of hydrogen-bond donors (Lipinski definition) is 1. The third kappa shape index (κ3) is 2.40. The van der Waals surface area contributed by atoms with E-state index in [1.54, 1.807) is 4.68 Å². The van der Waals surface area contributed by atoms with Gasteiger partial charge in [0.2, 0.25) is 0 Å². The average Bonchev–Trinajstić information content (AvgIpc) is 2.80. The van der Waals surface area contributed by atoms with Crippen LogP contribution in [0.5, 0.6) is 0 Å². The van der Waals surface area contributed by atoms with Crippen molar-refractivity contribution in [2.75, 3.05) is 11.5 Å². The van der Waals surface area contributed by atoms with Gasteiger partial charge in [-0.2, -0.15) is 5.10 Å². The zero-order valence-corrected chi connectivity index (χ0v) is 11.1. The Morgan fingerprint density at radius 1 is 1.56 bits per heavy atom. The van der Waals surface area contributed by atoms with Crippen LogP contribution in [0.25, 0.3) is 0 Å². The molecular formula is C11H16N2O4S. The summed E-state index contributed by atoms with van der Waals surface area (Å²) in [7, 11) is -3.01. The van der Waals surface area contributed by atoms with Crippen molar-refractivity contribution < 1.29 is 18.3 Å². The van der Waals surface area contributed by atoms with Crippen LogP contribution in [-0.4, -0.2) is 40.8 Å². The number of carboxylic acids is 1. The Morgan fingerprint density at radius 3 is 2.67 bits per heavy atom. The van der Waals surface area contributed by atoms with Crippen molar-refractivity contribution >= 4 is 15.8 Å². The van der Waals surface area contributed by atoms with Gasteiger partial charge in [0.05, 0.1) is 17.5 Å². The molecule has 1 aliphatic heterocycles. The van der Waals surface area contributed by atoms with E-state index < -0.39 is 15.8 Å². The first-order chi connectivity index (χ1) is 8.30. The molecule has 1 aromatic rings. The molecule has 6 nitrogen and oxygen atoms in total. The number of sulfone groups is 1. The number of rotatable bonds is 3. The van der Waals surface area contributed by atoms with Gasteiger partial charge in [-0.05, 0) is 18.4 Å². The Bertz CT molecular complexity index is 574. The maximum absolute atomic E-state index is 11.5. The molecule has 2 heterocycles. The fourth-order valence-corrected chi connectivity index (χ4v) is 3.90. The molecule has 0 aliphatic carbocycles. The molecule has 0 radical (unpaired) electrons. The largest absolute Gasteiger partial charge is 0.476 e. The van der Waals surface area contributed by atoms with E-state index in [9.17, 15) is 13.2 Å². The summed E-state index contributed by atoms with van der Waals surface area (Å²) in [5.41, 5.74) is 0.748. The van der Waals surface area contributed by atoms with Gasteiger partial charge in [-0.25, -0.2) is 13.2 Å². The molecule has 1 N–H and O–H groups in total. The minimum atomic E-state index is -3.01. The van der Waals surface area contributed by atoms with Crippen molar-refractivity contribution in [1.29, 1.82) is 0 Å². The van der Waals surface area contributed by atoms with Gasteiger partial charge in [-0.1, -0.05) is 13.8 Å². The SMILES string of the molecule is CC(C)c1cc(C(=O)O)nn1[C@H]1CCS(=O)(=O)C1. The number of carbonyl (C=O) groups is 1. The van der Waals surface area contributed by atoms with Gasteiger partial charge < -0.3 is 5.11 Å². The minimum Gasteiger partial charge on any atom is -0.476 e. The maximum Gasteiger partial charge on any atom is 0.356 e. The van der Waals surface area contributed by atoms with Crippen LogP contribution in [0.4, 0.5) is 0 Å². The molecule has 7 heteroatoms. The van der Waals surface area contributed by atoms with Gasteiger partial charge >= 0.3 is 5.97 Å². The van der Waals surface area contributed by atoms with Crippen molar-refractivity contribution in [3.63, 3.8) is 0 Å². The molecule has 18 heavy (non-hydrogen) atoms. The average molecular weight is 272 g/mol. The summed E-state index contributed by atoms with van der Waals surface area (Å²) >= 11 is 0. The molecule has 0 spiro atoms. The summed E-state index contributed by atoms with van der Waals surface area (Å²) in [6, 6.07) is 1.29. The number of nitrogens with zero attached hydrogens (tertiary/aromatic N) is 2. The number of carboxylic acid groups (broad SMARTS) is 1. The molecule has 0 saturated carbocycles. The van der Waals surface area contributed by atoms with E-state index in [4.69, 9.17) is 5.11 Å². The van der Waals surface area contributed by atoms with Crippen LogP contribution in [0.2, 0.25) is 0 Å². The molecule has 100 valence electrons. The first kappa shape index (κ1) is 13.1. The Hall–Kier alpha value is -1.37. The Balaban J connectivity index is 2.40. The van der Waals surface area contributed by atoms with Crippen LogP contribution in [0.15, 0.2) is 6.07 Å². The van der Waals surface area contributed by atoms with Crippen LogP contribution in [0, 0.1) is 0 Å². The first-order valence-corrected chi connectivity index (χ1v) is 7.65. The van der Waals surface area contributed by atoms with Gasteiger partial charge in [-0.3, -0.25) is 4.68 Å². The zero-order chi connectivity index (χ0) is 13.5. The van der Waals surface area contributed by atoms with Crippen LogP contribution in [0.3, 0.4) is 0 Å². The van der Waals surface area contributed by atoms with E-state index in [0.29, 0.717) is 6.42 Å². The Kier molecular flexibility index (Phi) is 3.18. The summed E-state index contributed by atoms with van der Waals surface area (Å²) in [5.74, 6) is -0.782. The van der Waals surface area contributed by atoms with Crippen LogP contribution >= 0.6 is 0 Å². The number of hydrogen-bond acceptors (Lipinski definition) is 4. The van der Waals surface area contributed by atoms with E-state index in [-0.39, 0.29) is 29.2 Å². The van der Waals surface area contributed by atoms with Crippen LogP contribution < -0.4 is 0 Å². The van der Waals surface area contributed by atoms with E-state index in [1.165, 1.54) is 6.07 Å². The third-order valence-corrected chi connectivity index (χ3v) is 4.88. The molecule has 1 aliphatic rings. The molecule has 0 bridgehead atoms. The fourth-order valence-electron chi connectivity index (χ4n) is 2.21. The molecule has 2 rings (SSSR count). The second kappa shape index (κ2) is 4.38. The normalized spacial score (nSPS) is 22.5. The summed E-state index contributed by atoms with van der Waals surface area (Å²) in [4.78, 5) is 10.9. The highest BCUT2D eigenvalue weighted by Crippen LogP contribution is 2.27. The van der Waals surface area contributed by atoms with Gasteiger partial charge in [0.15, 0.2) is 15.5 Å². The lowest BCUT2D eigenvalue weighted by Gasteiger charge is -2.14. The van der Waals surface area contributed by atoms with Gasteiger partial charge in [-0.15, -0.1) is 0 Å². The van der Waals surface area contributed by atoms with Crippen LogP contribution in [0.1, 0.15) is 48.4 Å². The topological polar surface area (TPSA) is 89.3 Å². The molecule has 0 aromatic carbocycles. The van der Waals surface area contributed by atoms with Crippen LogP contribution in [-0.2, 0) is 9.84 Å². The number of aromatic nitrogens is 2. The third-order valence-electron chi connectivity index (χ3n) is 3.13. The van der Waals surface area contributed by atoms with E-state index in [1.807, 2.05) is 13.8 Å². The number of aromatic carboxylic acids is 1. The fraction of sp³-hybridized carbons (Fsp3) is 0.636. The van der Waals surface area contributed by atoms with E-state index in [0.717, 1.165) is 5.69 Å². The van der Waals surface area contributed by atoms with E-state index in [2.05, 4.69) is 5.10 Å². The minimum absolute atomic E-state index is 0.0250. The quantitative estimate of drug-likeness (QED) is 0.888. The van der Waals surface area contributed by atoms with Gasteiger partial charge in [0.1, 0.15) is 0 Å². The van der Waals surface area contributed by atoms with Crippen molar-refractivity contribution in [3.05, 3.63) is 17.5 Å². The lowest BCUT2D eigenvalue weighted by atomic mass is 10.1. The van der Waals surface area contributed by atoms with Crippen molar-refractivity contribution in [3.8, 4) is 0 Å². The Morgan fingerprint density at radius 2 is 2.22 bits per heavy atom. The maximum atomic E-state index is 11.5. The summed E-state index contributed by atoms with van der Waals surface area (Å²) in [6.07, 6.45) is 0.503. The summed E-state index contributed by atoms with van der Waals surface area (Å²) in [6.45, 7) is 3.87. The lowest BCUT2D eigenvalue weighted by molar-refractivity contribution is 0.0689. The van der Waals surface area contributed by atoms with Crippen molar-refractivity contribution in [2.24, 2.45) is 0 Å². The predicted molar refractivity (Wildman–Crippen MR) is 65.6 cm³/mol. The first-order valence-electron chi connectivity index (χ1n) is 5.83. The monoisotopic (exact) mass is 272 g/mol. The highest BCUT2D eigenvalue weighted by Gasteiger charge is 2.32. The van der Waals surface area contributed by atoms with E-state index >= 15 is 0 Å². The highest BCUT2D eigenvalue weighted by atomic mass is 32.2. The predicted octanol–water partition coefficient (Wildman–Crippen LogP) is 1.06. The highest BCUT2D eigenvalue weighted by molar-refractivity contribution is 7.91.